The molecule has 4 aromatic rings. The zero-order valence-electron chi connectivity index (χ0n) is 19.7. The van der Waals surface area contributed by atoms with Gasteiger partial charge in [-0.05, 0) is 54.6 Å². The van der Waals surface area contributed by atoms with Crippen LogP contribution in [0.5, 0.6) is 11.5 Å². The summed E-state index contributed by atoms with van der Waals surface area (Å²) < 4.78 is 10.5. The maximum absolute atomic E-state index is 13.5. The topological polar surface area (TPSA) is 82.1 Å². The number of hydrogen-bond acceptors (Lipinski definition) is 6. The number of rotatable bonds is 7. The standard InChI is InChI=1S/C29H23NO6/c1-34-25-18-15-23(19-26(25)35-2)28(32)30(36-29(33)22-11-7-4-8-12-22)24-16-13-21(14-17-24)27(31)20-9-5-3-6-10-20/h3-19H,1-2H3. The summed E-state index contributed by atoms with van der Waals surface area (Å²) in [4.78, 5) is 44.7. The summed E-state index contributed by atoms with van der Waals surface area (Å²) >= 11 is 0. The van der Waals surface area contributed by atoms with E-state index < -0.39 is 11.9 Å². The van der Waals surface area contributed by atoms with Crippen molar-refractivity contribution in [3.8, 4) is 11.5 Å². The van der Waals surface area contributed by atoms with E-state index in [1.54, 1.807) is 91.0 Å². The highest BCUT2D eigenvalue weighted by Crippen LogP contribution is 2.29. The van der Waals surface area contributed by atoms with Gasteiger partial charge < -0.3 is 14.3 Å². The molecule has 0 aromatic heterocycles. The molecule has 1 amide bonds. The summed E-state index contributed by atoms with van der Waals surface area (Å²) in [6.07, 6.45) is 0. The number of hydroxylamine groups is 1. The second-order valence-electron chi connectivity index (χ2n) is 7.66. The Hall–Kier alpha value is -4.91. The van der Waals surface area contributed by atoms with Crippen LogP contribution in [0.4, 0.5) is 5.69 Å². The summed E-state index contributed by atoms with van der Waals surface area (Å²) in [7, 11) is 2.95. The zero-order chi connectivity index (χ0) is 25.5. The van der Waals surface area contributed by atoms with Gasteiger partial charge in [0, 0.05) is 16.7 Å². The highest BCUT2D eigenvalue weighted by atomic mass is 16.7. The van der Waals surface area contributed by atoms with Crippen LogP contribution >= 0.6 is 0 Å². The first-order valence-corrected chi connectivity index (χ1v) is 11.1. The SMILES string of the molecule is COc1ccc(C(=O)N(OC(=O)c2ccccc2)c2ccc(C(=O)c3ccccc3)cc2)cc1OC. The van der Waals surface area contributed by atoms with Crippen molar-refractivity contribution in [3.05, 3.63) is 125 Å². The number of ketones is 1. The smallest absolute Gasteiger partial charge is 0.363 e. The van der Waals surface area contributed by atoms with Crippen LogP contribution in [0.15, 0.2) is 103 Å². The average Bonchev–Trinajstić information content (AvgIpc) is 2.95. The lowest BCUT2D eigenvalue weighted by Gasteiger charge is -2.22. The van der Waals surface area contributed by atoms with E-state index in [0.29, 0.717) is 22.6 Å². The molecule has 0 saturated heterocycles. The zero-order valence-corrected chi connectivity index (χ0v) is 19.7. The van der Waals surface area contributed by atoms with Gasteiger partial charge in [0.15, 0.2) is 17.3 Å². The second-order valence-corrected chi connectivity index (χ2v) is 7.66. The van der Waals surface area contributed by atoms with Crippen LogP contribution in [0, 0.1) is 0 Å². The van der Waals surface area contributed by atoms with Crippen LogP contribution < -0.4 is 14.5 Å². The first kappa shape index (κ1) is 24.2. The largest absolute Gasteiger partial charge is 0.493 e. The lowest BCUT2D eigenvalue weighted by molar-refractivity contribution is 0.0409. The van der Waals surface area contributed by atoms with E-state index in [9.17, 15) is 14.4 Å². The van der Waals surface area contributed by atoms with E-state index in [0.717, 1.165) is 5.06 Å². The third-order valence-corrected chi connectivity index (χ3v) is 5.40. The van der Waals surface area contributed by atoms with Gasteiger partial charge in [0.25, 0.3) is 5.91 Å². The summed E-state index contributed by atoms with van der Waals surface area (Å²) in [5.74, 6) is -0.690. The van der Waals surface area contributed by atoms with Gasteiger partial charge in [-0.1, -0.05) is 48.5 Å². The Labute approximate surface area is 208 Å². The molecule has 4 aromatic carbocycles. The molecule has 7 nitrogen and oxygen atoms in total. The van der Waals surface area contributed by atoms with Gasteiger partial charge in [0.2, 0.25) is 0 Å². The van der Waals surface area contributed by atoms with E-state index >= 15 is 0 Å². The van der Waals surface area contributed by atoms with Crippen molar-refractivity contribution in [3.63, 3.8) is 0 Å². The fraction of sp³-hybridized carbons (Fsp3) is 0.0690. The lowest BCUT2D eigenvalue weighted by Crippen LogP contribution is -2.33. The molecule has 0 aliphatic rings. The van der Waals surface area contributed by atoms with Gasteiger partial charge in [-0.2, -0.15) is 0 Å². The van der Waals surface area contributed by atoms with Gasteiger partial charge in [-0.3, -0.25) is 9.59 Å². The third-order valence-electron chi connectivity index (χ3n) is 5.40. The number of methoxy groups -OCH3 is 2. The molecule has 0 bridgehead atoms. The maximum atomic E-state index is 13.5. The predicted octanol–water partition coefficient (Wildman–Crippen LogP) is 5.35. The minimum atomic E-state index is -0.714. The Kier molecular flexibility index (Phi) is 7.41. The molecule has 0 heterocycles. The molecule has 7 heteroatoms. The van der Waals surface area contributed by atoms with Crippen molar-refractivity contribution < 1.29 is 28.7 Å². The molecule has 180 valence electrons. The molecule has 0 fully saturated rings. The minimum absolute atomic E-state index is 0.166. The molecule has 0 atom stereocenters. The Bertz CT molecular complexity index is 1370. The molecule has 36 heavy (non-hydrogen) atoms. The molecule has 0 aliphatic carbocycles. The monoisotopic (exact) mass is 481 g/mol. The van der Waals surface area contributed by atoms with Gasteiger partial charge in [0.1, 0.15) is 0 Å². The number of carbonyl (C=O) groups is 3. The first-order valence-electron chi connectivity index (χ1n) is 11.1. The van der Waals surface area contributed by atoms with Crippen molar-refractivity contribution in [1.82, 2.24) is 0 Å². The molecule has 0 aliphatic heterocycles. The van der Waals surface area contributed by atoms with Crippen molar-refractivity contribution in [2.45, 2.75) is 0 Å². The Morgan fingerprint density at radius 1 is 0.583 bits per heavy atom. The van der Waals surface area contributed by atoms with Crippen LogP contribution in [0.1, 0.15) is 36.6 Å². The molecule has 0 saturated carbocycles. The molecule has 4 rings (SSSR count). The lowest BCUT2D eigenvalue weighted by atomic mass is 10.0. The number of benzene rings is 4. The number of nitrogens with zero attached hydrogens (tertiary/aromatic N) is 1. The normalized spacial score (nSPS) is 10.3. The second kappa shape index (κ2) is 11.0. The van der Waals surface area contributed by atoms with E-state index in [1.807, 2.05) is 6.07 Å². The molecular formula is C29H23NO6. The van der Waals surface area contributed by atoms with Crippen molar-refractivity contribution in [1.29, 1.82) is 0 Å². The highest BCUT2D eigenvalue weighted by molar-refractivity contribution is 6.10. The number of anilines is 1. The number of amides is 1. The Morgan fingerprint density at radius 2 is 1.11 bits per heavy atom. The fourth-order valence-electron chi connectivity index (χ4n) is 3.51. The molecule has 0 N–H and O–H groups in total. The fourth-order valence-corrected chi connectivity index (χ4v) is 3.51. The summed E-state index contributed by atoms with van der Waals surface area (Å²) in [6, 6.07) is 28.1. The molecule has 0 unspecified atom stereocenters. The molecular weight excluding hydrogens is 458 g/mol. The van der Waals surface area contributed by atoms with Crippen LogP contribution in [0.2, 0.25) is 0 Å². The van der Waals surface area contributed by atoms with E-state index in [1.165, 1.54) is 20.3 Å². The van der Waals surface area contributed by atoms with Gasteiger partial charge in [0.05, 0.1) is 25.5 Å². The van der Waals surface area contributed by atoms with Crippen molar-refractivity contribution in [2.75, 3.05) is 19.3 Å². The summed E-state index contributed by atoms with van der Waals surface area (Å²) in [5, 5.41) is 0.896. The minimum Gasteiger partial charge on any atom is -0.493 e. The van der Waals surface area contributed by atoms with E-state index in [-0.39, 0.29) is 22.6 Å². The van der Waals surface area contributed by atoms with Crippen LogP contribution in [0.25, 0.3) is 0 Å². The van der Waals surface area contributed by atoms with Crippen molar-refractivity contribution >= 4 is 23.3 Å². The van der Waals surface area contributed by atoms with Gasteiger partial charge >= 0.3 is 5.97 Å². The first-order chi connectivity index (χ1) is 17.5. The number of ether oxygens (including phenoxy) is 2. The predicted molar refractivity (Wildman–Crippen MR) is 135 cm³/mol. The number of hydrogen-bond donors (Lipinski definition) is 0. The molecule has 0 spiro atoms. The summed E-state index contributed by atoms with van der Waals surface area (Å²) in [5.41, 5.74) is 1.72. The van der Waals surface area contributed by atoms with Crippen LogP contribution in [0.3, 0.4) is 0 Å². The third kappa shape index (κ3) is 5.26. The van der Waals surface area contributed by atoms with Gasteiger partial charge in [-0.15, -0.1) is 5.06 Å². The average molecular weight is 482 g/mol. The number of carbonyl (C=O) groups excluding carboxylic acids is 3. The highest BCUT2D eigenvalue weighted by Gasteiger charge is 2.25. The van der Waals surface area contributed by atoms with Gasteiger partial charge in [-0.25, -0.2) is 4.79 Å². The van der Waals surface area contributed by atoms with E-state index in [4.69, 9.17) is 14.3 Å². The quantitative estimate of drug-likeness (QED) is 0.261. The molecule has 0 radical (unpaired) electrons. The van der Waals surface area contributed by atoms with Crippen LogP contribution in [-0.2, 0) is 4.84 Å². The Balaban J connectivity index is 1.68. The van der Waals surface area contributed by atoms with E-state index in [2.05, 4.69) is 0 Å². The Morgan fingerprint density at radius 3 is 1.69 bits per heavy atom. The van der Waals surface area contributed by atoms with Crippen LogP contribution in [-0.4, -0.2) is 31.9 Å². The maximum Gasteiger partial charge on any atom is 0.363 e. The van der Waals surface area contributed by atoms with Crippen molar-refractivity contribution in [2.24, 2.45) is 0 Å². The summed E-state index contributed by atoms with van der Waals surface area (Å²) in [6.45, 7) is 0.